The smallest absolute Gasteiger partial charge is 0.395 e. The standard InChI is InChI=1S/C30H47N3O4/c1-19-15-22(31-17-19)18-33(13-14-34)28(36)37-32-20(2)25-7-8-26-24-6-5-21-16-23(35)9-11-29(21,3)27(24)10-12-30(25,26)4/h16,19,22,24-27,31,34H,5-15,17-18H2,1-4H3/b32-20+/t19?,22?,24-,25+,26-,27-,29-,30+/m0/s1. The largest absolute Gasteiger partial charge is 0.436 e. The number of allylic oxidation sites excluding steroid dienone is 1. The molecule has 8 atom stereocenters. The minimum Gasteiger partial charge on any atom is -0.395 e. The second-order valence-corrected chi connectivity index (χ2v) is 13.3. The van der Waals surface area contributed by atoms with Gasteiger partial charge in [0, 0.05) is 31.5 Å². The number of oxime groups is 1. The Kier molecular flexibility index (Phi) is 7.58. The van der Waals surface area contributed by atoms with Crippen LogP contribution in [0.4, 0.5) is 4.79 Å². The summed E-state index contributed by atoms with van der Waals surface area (Å²) in [4.78, 5) is 32.1. The van der Waals surface area contributed by atoms with Crippen molar-refractivity contribution in [3.05, 3.63) is 11.6 Å². The van der Waals surface area contributed by atoms with Gasteiger partial charge in [-0.05, 0) is 105 Å². The molecule has 0 radical (unpaired) electrons. The van der Waals surface area contributed by atoms with Crippen molar-refractivity contribution in [2.45, 2.75) is 91.5 Å². The highest BCUT2D eigenvalue weighted by Crippen LogP contribution is 2.66. The summed E-state index contributed by atoms with van der Waals surface area (Å²) in [5.41, 5.74) is 2.72. The second kappa shape index (κ2) is 10.4. The van der Waals surface area contributed by atoms with Crippen molar-refractivity contribution in [2.24, 2.45) is 45.6 Å². The van der Waals surface area contributed by atoms with Crippen LogP contribution in [0.2, 0.25) is 0 Å². The summed E-state index contributed by atoms with van der Waals surface area (Å²) in [7, 11) is 0. The third kappa shape index (κ3) is 4.91. The number of rotatable bonds is 6. The molecule has 1 saturated heterocycles. The number of hydrogen-bond donors (Lipinski definition) is 2. The van der Waals surface area contributed by atoms with E-state index < -0.39 is 6.09 Å². The first kappa shape index (κ1) is 26.9. The van der Waals surface area contributed by atoms with Crippen molar-refractivity contribution in [3.63, 3.8) is 0 Å². The number of ketones is 1. The predicted molar refractivity (Wildman–Crippen MR) is 144 cm³/mol. The van der Waals surface area contributed by atoms with Gasteiger partial charge in [0.25, 0.3) is 0 Å². The molecular weight excluding hydrogens is 466 g/mol. The van der Waals surface area contributed by atoms with Crippen LogP contribution >= 0.6 is 0 Å². The molecular formula is C30H47N3O4. The highest BCUT2D eigenvalue weighted by molar-refractivity contribution is 5.91. The molecule has 0 aromatic rings. The lowest BCUT2D eigenvalue weighted by Crippen LogP contribution is -2.51. The molecule has 7 heteroatoms. The molecule has 1 heterocycles. The summed E-state index contributed by atoms with van der Waals surface area (Å²) < 4.78 is 0. The number of aliphatic hydroxyl groups excluding tert-OH is 1. The van der Waals surface area contributed by atoms with Gasteiger partial charge in [-0.1, -0.05) is 31.5 Å². The fourth-order valence-electron chi connectivity index (χ4n) is 9.28. The van der Waals surface area contributed by atoms with Gasteiger partial charge in [0.15, 0.2) is 5.78 Å². The lowest BCUT2D eigenvalue weighted by Gasteiger charge is -2.58. The molecule has 37 heavy (non-hydrogen) atoms. The number of fused-ring (bicyclic) bond motifs is 5. The van der Waals surface area contributed by atoms with E-state index >= 15 is 0 Å². The van der Waals surface area contributed by atoms with Crippen LogP contribution in [0.3, 0.4) is 0 Å². The van der Waals surface area contributed by atoms with Crippen molar-refractivity contribution >= 4 is 17.6 Å². The maximum absolute atomic E-state index is 12.9. The molecule has 1 amide bonds. The van der Waals surface area contributed by atoms with E-state index in [0.29, 0.717) is 48.3 Å². The number of hydrogen-bond acceptors (Lipinski definition) is 6. The van der Waals surface area contributed by atoms with Crippen molar-refractivity contribution in [2.75, 3.05) is 26.2 Å². The van der Waals surface area contributed by atoms with Gasteiger partial charge in [-0.25, -0.2) is 4.79 Å². The molecule has 206 valence electrons. The fraction of sp³-hybridized carbons (Fsp3) is 0.833. The van der Waals surface area contributed by atoms with Gasteiger partial charge in [0.2, 0.25) is 0 Å². The van der Waals surface area contributed by atoms with Crippen LogP contribution < -0.4 is 5.32 Å². The molecule has 4 aliphatic carbocycles. The summed E-state index contributed by atoms with van der Waals surface area (Å²) in [6.07, 6.45) is 11.2. The SMILES string of the molecule is C/C(=N\OC(=O)N(CCO)CC1CC(C)CN1)[C@H]1CC[C@H]2[C@@H]3CCC4=CC(=O)CC[C@]4(C)[C@H]3CC[C@]12C. The highest BCUT2D eigenvalue weighted by atomic mass is 16.7. The Morgan fingerprint density at radius 2 is 2.00 bits per heavy atom. The number of nitrogens with one attached hydrogen (secondary N) is 1. The normalized spacial score (nSPS) is 41.5. The van der Waals surface area contributed by atoms with Gasteiger partial charge >= 0.3 is 6.09 Å². The van der Waals surface area contributed by atoms with Crippen LogP contribution in [0, 0.1) is 40.4 Å². The van der Waals surface area contributed by atoms with E-state index in [1.165, 1.54) is 31.3 Å². The minimum atomic E-state index is -0.468. The number of carbonyl (C=O) groups is 2. The molecule has 3 saturated carbocycles. The number of carbonyl (C=O) groups excluding carboxylic acids is 2. The predicted octanol–water partition coefficient (Wildman–Crippen LogP) is 4.94. The molecule has 0 aromatic carbocycles. The van der Waals surface area contributed by atoms with Gasteiger partial charge < -0.3 is 15.3 Å². The lowest BCUT2D eigenvalue weighted by atomic mass is 9.46. The average Bonchev–Trinajstić information content (AvgIpc) is 3.44. The Morgan fingerprint density at radius 3 is 2.73 bits per heavy atom. The first-order chi connectivity index (χ1) is 17.7. The Bertz CT molecular complexity index is 962. The Hall–Kier alpha value is -1.73. The molecule has 0 bridgehead atoms. The van der Waals surface area contributed by atoms with Crippen molar-refractivity contribution in [1.82, 2.24) is 10.2 Å². The van der Waals surface area contributed by atoms with E-state index in [0.717, 1.165) is 37.9 Å². The molecule has 0 aromatic heterocycles. The number of amides is 1. The van der Waals surface area contributed by atoms with E-state index in [1.54, 1.807) is 4.90 Å². The molecule has 0 spiro atoms. The van der Waals surface area contributed by atoms with Crippen LogP contribution in [0.1, 0.15) is 85.5 Å². The molecule has 5 rings (SSSR count). The Labute approximate surface area is 222 Å². The zero-order chi connectivity index (χ0) is 26.4. The summed E-state index contributed by atoms with van der Waals surface area (Å²) in [6.45, 7) is 10.8. The molecule has 4 fully saturated rings. The van der Waals surface area contributed by atoms with E-state index in [1.807, 2.05) is 13.0 Å². The molecule has 2 unspecified atom stereocenters. The first-order valence-corrected chi connectivity index (χ1v) is 14.7. The van der Waals surface area contributed by atoms with Crippen molar-refractivity contribution in [3.8, 4) is 0 Å². The van der Waals surface area contributed by atoms with Gasteiger partial charge in [-0.15, -0.1) is 0 Å². The topological polar surface area (TPSA) is 91.2 Å². The van der Waals surface area contributed by atoms with Crippen LogP contribution in [0.15, 0.2) is 16.8 Å². The van der Waals surface area contributed by atoms with Gasteiger partial charge in [0.05, 0.1) is 12.3 Å². The zero-order valence-corrected chi connectivity index (χ0v) is 23.3. The van der Waals surface area contributed by atoms with E-state index in [4.69, 9.17) is 4.84 Å². The molecule has 5 aliphatic rings. The summed E-state index contributed by atoms with van der Waals surface area (Å²) in [5.74, 6) is 3.28. The van der Waals surface area contributed by atoms with Gasteiger partial charge in [-0.2, -0.15) is 0 Å². The van der Waals surface area contributed by atoms with Gasteiger partial charge in [0.1, 0.15) is 0 Å². The average molecular weight is 514 g/mol. The number of aliphatic hydroxyl groups is 1. The van der Waals surface area contributed by atoms with E-state index in [2.05, 4.69) is 31.2 Å². The second-order valence-electron chi connectivity index (χ2n) is 13.3. The van der Waals surface area contributed by atoms with Crippen LogP contribution in [0.25, 0.3) is 0 Å². The molecule has 2 N–H and O–H groups in total. The van der Waals surface area contributed by atoms with Crippen molar-refractivity contribution in [1.29, 1.82) is 0 Å². The van der Waals surface area contributed by atoms with E-state index in [-0.39, 0.29) is 30.0 Å². The minimum absolute atomic E-state index is 0.0883. The summed E-state index contributed by atoms with van der Waals surface area (Å²) >= 11 is 0. The quantitative estimate of drug-likeness (QED) is 0.298. The Morgan fingerprint density at radius 1 is 1.19 bits per heavy atom. The van der Waals surface area contributed by atoms with Crippen LogP contribution in [0.5, 0.6) is 0 Å². The summed E-state index contributed by atoms with van der Waals surface area (Å²) in [6, 6.07) is 0.235. The maximum Gasteiger partial charge on any atom is 0.436 e. The van der Waals surface area contributed by atoms with Crippen LogP contribution in [-0.2, 0) is 9.63 Å². The lowest BCUT2D eigenvalue weighted by molar-refractivity contribution is -0.117. The summed E-state index contributed by atoms with van der Waals surface area (Å²) in [5, 5.41) is 17.4. The fourth-order valence-corrected chi connectivity index (χ4v) is 9.28. The van der Waals surface area contributed by atoms with Crippen molar-refractivity contribution < 1.29 is 19.5 Å². The first-order valence-electron chi connectivity index (χ1n) is 14.7. The molecule has 7 nitrogen and oxygen atoms in total. The number of nitrogens with zero attached hydrogens (tertiary/aromatic N) is 2. The zero-order valence-electron chi connectivity index (χ0n) is 23.3. The van der Waals surface area contributed by atoms with Crippen LogP contribution in [-0.4, -0.2) is 59.9 Å². The maximum atomic E-state index is 12.9. The third-order valence-corrected chi connectivity index (χ3v) is 11.2. The third-order valence-electron chi connectivity index (χ3n) is 11.2. The van der Waals surface area contributed by atoms with Gasteiger partial charge in [-0.3, -0.25) is 9.63 Å². The highest BCUT2D eigenvalue weighted by Gasteiger charge is 2.59. The molecule has 1 aliphatic heterocycles. The van der Waals surface area contributed by atoms with E-state index in [9.17, 15) is 14.7 Å². The Balaban J connectivity index is 1.25. The monoisotopic (exact) mass is 513 g/mol.